The molecule has 4 aromatic carbocycles. The van der Waals surface area contributed by atoms with E-state index in [1.165, 1.54) is 48.5 Å². The van der Waals surface area contributed by atoms with Crippen molar-refractivity contribution < 1.29 is 85.5 Å². The van der Waals surface area contributed by atoms with Crippen molar-refractivity contribution in [2.24, 2.45) is 0 Å². The van der Waals surface area contributed by atoms with Gasteiger partial charge in [-0.25, -0.2) is 8.78 Å². The van der Waals surface area contributed by atoms with Crippen LogP contribution in [0.1, 0.15) is 81.5 Å². The van der Waals surface area contributed by atoms with Gasteiger partial charge in [-0.2, -0.15) is 0 Å². The number of nitrogens with zero attached hydrogens (tertiary/aromatic N) is 2. The summed E-state index contributed by atoms with van der Waals surface area (Å²) in [5.74, 6) is -2.57. The standard InChI is InChI=1S/C27H28F3NO6.C26H27F3N2O6/c1-25(2,14-33)23-8-16-7-15(19(28)11-20(16)31(23)12-18(34)13-32)9-24(35)26(5-6-26)17-3-4-21-22(10-17)37-27(29,30)36-21;1-24(2,13-33)22-8-14-7-18(17(27)10-19(14)31(22)11-16(34)12-32)30-23(35)25(5-6-25)15-3-4-20-21(9-15)37-26(28,29)36-20/h3-4,7-8,10-11,18,32-34H,5-6,9,12-14H2,1-2H3;3-4,7-10,16,32-34H,5-6,11-13H2,1-2H3,(H,30,35)/t18-;16-/m11/s1. The summed E-state index contributed by atoms with van der Waals surface area (Å²) in [6, 6.07) is 17.6. The van der Waals surface area contributed by atoms with Gasteiger partial charge < -0.3 is 64.0 Å². The van der Waals surface area contributed by atoms with E-state index in [9.17, 15) is 57.8 Å². The summed E-state index contributed by atoms with van der Waals surface area (Å²) in [4.78, 5) is 26.7. The first-order chi connectivity index (χ1) is 34.8. The monoisotopic (exact) mass is 1040 g/mol. The molecule has 0 bridgehead atoms. The minimum Gasteiger partial charge on any atom is -0.395 e. The van der Waals surface area contributed by atoms with Crippen molar-refractivity contribution in [3.63, 3.8) is 0 Å². The first-order valence-electron chi connectivity index (χ1n) is 23.9. The van der Waals surface area contributed by atoms with Gasteiger partial charge in [-0.1, -0.05) is 39.8 Å². The molecule has 2 saturated carbocycles. The number of carbonyl (C=O) groups excluding carboxylic acids is 2. The molecular weight excluding hydrogens is 985 g/mol. The van der Waals surface area contributed by atoms with Gasteiger partial charge in [-0.3, -0.25) is 9.59 Å². The molecule has 4 heterocycles. The molecule has 2 aromatic heterocycles. The lowest BCUT2D eigenvalue weighted by molar-refractivity contribution is -0.287. The van der Waals surface area contributed by atoms with Crippen molar-refractivity contribution in [2.75, 3.05) is 31.7 Å². The zero-order chi connectivity index (χ0) is 53.5. The molecule has 0 saturated heterocycles. The summed E-state index contributed by atoms with van der Waals surface area (Å²) in [5.41, 5.74) is -0.0961. The van der Waals surface area contributed by atoms with Gasteiger partial charge in [0.05, 0.1) is 79.3 Å². The molecule has 0 radical (unpaired) electrons. The zero-order valence-corrected chi connectivity index (χ0v) is 40.7. The summed E-state index contributed by atoms with van der Waals surface area (Å²) in [6.45, 7) is 5.80. The number of nitrogens with one attached hydrogen (secondary N) is 1. The Balaban J connectivity index is 0.000000182. The number of aliphatic hydroxyl groups is 6. The number of Topliss-reactive ketones (excluding diaryl/α,β-unsaturated/α-hetero) is 1. The molecule has 15 nitrogen and oxygen atoms in total. The summed E-state index contributed by atoms with van der Waals surface area (Å²) in [7, 11) is 0. The Morgan fingerprint density at radius 2 is 1.04 bits per heavy atom. The highest BCUT2D eigenvalue weighted by Gasteiger charge is 2.54. The highest BCUT2D eigenvalue weighted by Crippen LogP contribution is 2.54. The van der Waals surface area contributed by atoms with Gasteiger partial charge in [0.1, 0.15) is 17.4 Å². The minimum atomic E-state index is -3.77. The van der Waals surface area contributed by atoms with E-state index in [4.69, 9.17) is 0 Å². The zero-order valence-electron chi connectivity index (χ0n) is 40.7. The Labute approximate surface area is 419 Å². The summed E-state index contributed by atoms with van der Waals surface area (Å²) in [5, 5.41) is 62.4. The molecular formula is C53H55F6N3O12. The highest BCUT2D eigenvalue weighted by atomic mass is 19.3. The first-order valence-corrected chi connectivity index (χ1v) is 23.9. The van der Waals surface area contributed by atoms with Gasteiger partial charge in [0.25, 0.3) is 0 Å². The number of amides is 1. The maximum absolute atomic E-state index is 15.3. The number of aliphatic hydroxyl groups excluding tert-OH is 6. The fraction of sp³-hybridized carbons (Fsp3) is 0.434. The molecule has 2 aliphatic heterocycles. The number of hydrogen-bond donors (Lipinski definition) is 7. The lowest BCUT2D eigenvalue weighted by Crippen LogP contribution is -2.29. The van der Waals surface area contributed by atoms with Crippen LogP contribution in [0, 0.1) is 11.6 Å². The second kappa shape index (κ2) is 18.8. The van der Waals surface area contributed by atoms with E-state index in [1.807, 2.05) is 13.8 Å². The van der Waals surface area contributed by atoms with Crippen molar-refractivity contribution in [1.29, 1.82) is 0 Å². The van der Waals surface area contributed by atoms with Crippen LogP contribution < -0.4 is 24.3 Å². The Bertz CT molecular complexity index is 2970. The van der Waals surface area contributed by atoms with Crippen LogP contribution in [0.4, 0.5) is 32.0 Å². The Kier molecular flexibility index (Phi) is 13.3. The number of benzene rings is 4. The van der Waals surface area contributed by atoms with Crippen LogP contribution in [0.2, 0.25) is 0 Å². The SMILES string of the molecule is CC(C)(CO)c1cc2cc(CC(=O)C3(c4ccc5c(c4)OC(F)(F)O5)CC3)c(F)cc2n1C[C@@H](O)CO.CC(C)(CO)c1cc2cc(NC(=O)C3(c4ccc5c(c4)OC(F)(F)O5)CC3)c(F)cc2n1C[C@@H](O)CO. The highest BCUT2D eigenvalue weighted by molar-refractivity contribution is 6.03. The number of ketones is 1. The van der Waals surface area contributed by atoms with E-state index in [0.29, 0.717) is 70.0 Å². The summed E-state index contributed by atoms with van der Waals surface area (Å²) < 4.78 is 105. The van der Waals surface area contributed by atoms with Gasteiger partial charge in [0, 0.05) is 45.5 Å². The fourth-order valence-electron chi connectivity index (χ4n) is 9.76. The molecule has 2 fully saturated rings. The van der Waals surface area contributed by atoms with E-state index in [1.54, 1.807) is 47.2 Å². The average molecular weight is 1040 g/mol. The number of anilines is 1. The predicted octanol–water partition coefficient (Wildman–Crippen LogP) is 6.96. The normalized spacial score (nSPS) is 18.2. The average Bonchev–Trinajstić information content (AvgIpc) is 4.22. The molecule has 0 spiro atoms. The summed E-state index contributed by atoms with van der Waals surface area (Å²) >= 11 is 0. The van der Waals surface area contributed by atoms with Crippen LogP contribution in [-0.2, 0) is 50.8 Å². The molecule has 7 N–H and O–H groups in total. The van der Waals surface area contributed by atoms with Crippen molar-refractivity contribution in [1.82, 2.24) is 9.13 Å². The van der Waals surface area contributed by atoms with E-state index in [2.05, 4.69) is 24.3 Å². The Morgan fingerprint density at radius 1 is 0.608 bits per heavy atom. The van der Waals surface area contributed by atoms with E-state index in [0.717, 1.165) is 0 Å². The van der Waals surface area contributed by atoms with E-state index < -0.39 is 77.2 Å². The number of fused-ring (bicyclic) bond motifs is 4. The second-order valence-corrected chi connectivity index (χ2v) is 20.8. The van der Waals surface area contributed by atoms with Gasteiger partial charge in [-0.05, 0) is 97.0 Å². The van der Waals surface area contributed by atoms with Gasteiger partial charge in [-0.15, -0.1) is 17.6 Å². The number of hydrogen-bond acceptors (Lipinski definition) is 12. The summed E-state index contributed by atoms with van der Waals surface area (Å²) in [6.07, 6.45) is -7.99. The molecule has 2 atom stereocenters. The maximum Gasteiger partial charge on any atom is 0.586 e. The lowest BCUT2D eigenvalue weighted by Gasteiger charge is -2.25. The van der Waals surface area contributed by atoms with Crippen molar-refractivity contribution in [2.45, 2.75) is 119 Å². The number of alkyl halides is 4. The van der Waals surface area contributed by atoms with Crippen LogP contribution >= 0.6 is 0 Å². The maximum atomic E-state index is 15.3. The van der Waals surface area contributed by atoms with E-state index in [-0.39, 0.29) is 72.8 Å². The number of carbonyl (C=O) groups is 2. The predicted molar refractivity (Wildman–Crippen MR) is 255 cm³/mol. The number of aromatic nitrogens is 2. The van der Waals surface area contributed by atoms with Crippen molar-refractivity contribution >= 4 is 39.2 Å². The Hall–Kier alpha value is -6.36. The molecule has 1 amide bonds. The fourth-order valence-corrected chi connectivity index (χ4v) is 9.76. The van der Waals surface area contributed by atoms with Crippen LogP contribution in [0.15, 0.2) is 72.8 Å². The second-order valence-electron chi connectivity index (χ2n) is 20.8. The largest absolute Gasteiger partial charge is 0.586 e. The first kappa shape index (κ1) is 52.5. The van der Waals surface area contributed by atoms with Crippen LogP contribution in [-0.4, -0.2) is 103 Å². The molecule has 74 heavy (non-hydrogen) atoms. The van der Waals surface area contributed by atoms with Crippen LogP contribution in [0.3, 0.4) is 0 Å². The third-order valence-corrected chi connectivity index (χ3v) is 14.4. The number of ether oxygens (including phenoxy) is 4. The minimum absolute atomic E-state index is 0.00273. The third-order valence-electron chi connectivity index (χ3n) is 14.4. The topological polar surface area (TPSA) is 214 Å². The smallest absolute Gasteiger partial charge is 0.395 e. The van der Waals surface area contributed by atoms with Crippen molar-refractivity contribution in [3.05, 3.63) is 113 Å². The molecule has 21 heteroatoms. The molecule has 2 aliphatic carbocycles. The van der Waals surface area contributed by atoms with E-state index >= 15 is 8.78 Å². The quantitative estimate of drug-likeness (QED) is 0.0462. The van der Waals surface area contributed by atoms with Crippen molar-refractivity contribution in [3.8, 4) is 23.0 Å². The molecule has 4 aliphatic rings. The van der Waals surface area contributed by atoms with Crippen LogP contribution in [0.25, 0.3) is 21.8 Å². The van der Waals surface area contributed by atoms with Crippen LogP contribution in [0.5, 0.6) is 23.0 Å². The molecule has 396 valence electrons. The number of halogens is 6. The van der Waals surface area contributed by atoms with Gasteiger partial charge >= 0.3 is 12.6 Å². The lowest BCUT2D eigenvalue weighted by atomic mass is 9.87. The number of rotatable bonds is 17. The van der Waals surface area contributed by atoms with Gasteiger partial charge in [0.2, 0.25) is 5.91 Å². The van der Waals surface area contributed by atoms with Gasteiger partial charge in [0.15, 0.2) is 23.0 Å². The molecule has 6 aromatic rings. The molecule has 0 unspecified atom stereocenters. The third kappa shape index (κ3) is 9.76. The molecule has 10 rings (SSSR count). The Morgan fingerprint density at radius 3 is 1.49 bits per heavy atom.